The first-order valence-electron chi connectivity index (χ1n) is 11.4. The van der Waals surface area contributed by atoms with Crippen LogP contribution in [0.5, 0.6) is 5.75 Å². The monoisotopic (exact) mass is 452 g/mol. The maximum absolute atomic E-state index is 12.6. The van der Waals surface area contributed by atoms with Crippen molar-refractivity contribution in [1.82, 2.24) is 5.32 Å². The molecule has 3 rings (SSSR count). The number of rotatable bonds is 9. The Balaban J connectivity index is 1.50. The summed E-state index contributed by atoms with van der Waals surface area (Å²) >= 11 is 0. The molecule has 0 aromatic heterocycles. The van der Waals surface area contributed by atoms with Crippen molar-refractivity contribution in [3.63, 3.8) is 0 Å². The van der Waals surface area contributed by atoms with Crippen molar-refractivity contribution in [1.29, 1.82) is 0 Å². The first-order valence-corrected chi connectivity index (χ1v) is 11.4. The average Bonchev–Trinajstić information content (AvgIpc) is 2.83. The molecule has 0 spiro atoms. The summed E-state index contributed by atoms with van der Waals surface area (Å²) in [4.78, 5) is 37.3. The van der Waals surface area contributed by atoms with E-state index in [1.165, 1.54) is 6.42 Å². The van der Waals surface area contributed by atoms with Gasteiger partial charge in [-0.3, -0.25) is 9.59 Å². The van der Waals surface area contributed by atoms with Crippen LogP contribution in [0, 0.1) is 5.92 Å². The molecule has 1 fully saturated rings. The maximum Gasteiger partial charge on any atom is 0.340 e. The van der Waals surface area contributed by atoms with E-state index < -0.39 is 5.97 Å². The molecule has 2 N–H and O–H groups in total. The fourth-order valence-electron chi connectivity index (χ4n) is 4.02. The van der Waals surface area contributed by atoms with Gasteiger partial charge < -0.3 is 20.1 Å². The topological polar surface area (TPSA) is 93.7 Å². The predicted octanol–water partition coefficient (Wildman–Crippen LogP) is 4.12. The molecule has 2 amide bonds. The summed E-state index contributed by atoms with van der Waals surface area (Å²) in [6.45, 7) is 1.78. The SMILES string of the molecule is COc1ccc(CCC(=O)Nc2ccccc2C(=O)OCC(=O)N[C@H]2CCCC[C@H]2C)cc1. The van der Waals surface area contributed by atoms with Crippen molar-refractivity contribution in [2.75, 3.05) is 19.0 Å². The van der Waals surface area contributed by atoms with Gasteiger partial charge in [0.1, 0.15) is 5.75 Å². The van der Waals surface area contributed by atoms with Crippen LogP contribution in [0.15, 0.2) is 48.5 Å². The third-order valence-electron chi connectivity index (χ3n) is 6.01. The molecule has 0 heterocycles. The molecule has 7 heteroatoms. The quantitative estimate of drug-likeness (QED) is 0.558. The summed E-state index contributed by atoms with van der Waals surface area (Å²) in [5.74, 6) is 0.0240. The Bertz CT molecular complexity index is 957. The van der Waals surface area contributed by atoms with E-state index in [-0.39, 0.29) is 36.4 Å². The van der Waals surface area contributed by atoms with Gasteiger partial charge in [-0.25, -0.2) is 4.79 Å². The summed E-state index contributed by atoms with van der Waals surface area (Å²) < 4.78 is 10.4. The van der Waals surface area contributed by atoms with Crippen LogP contribution in [-0.2, 0) is 20.7 Å². The van der Waals surface area contributed by atoms with Crippen LogP contribution in [0.4, 0.5) is 5.69 Å². The van der Waals surface area contributed by atoms with Gasteiger partial charge in [-0.15, -0.1) is 0 Å². The summed E-state index contributed by atoms with van der Waals surface area (Å²) in [6, 6.07) is 14.3. The lowest BCUT2D eigenvalue weighted by Crippen LogP contribution is -2.42. The molecule has 7 nitrogen and oxygen atoms in total. The van der Waals surface area contributed by atoms with E-state index in [1.807, 2.05) is 24.3 Å². The zero-order valence-corrected chi connectivity index (χ0v) is 19.3. The first-order chi connectivity index (χ1) is 16.0. The van der Waals surface area contributed by atoms with Gasteiger partial charge in [-0.05, 0) is 55.0 Å². The van der Waals surface area contributed by atoms with Crippen molar-refractivity contribution in [2.24, 2.45) is 5.92 Å². The largest absolute Gasteiger partial charge is 0.497 e. The van der Waals surface area contributed by atoms with Gasteiger partial charge in [0, 0.05) is 12.5 Å². The van der Waals surface area contributed by atoms with Gasteiger partial charge in [-0.2, -0.15) is 0 Å². The van der Waals surface area contributed by atoms with Crippen LogP contribution in [0.25, 0.3) is 0 Å². The highest BCUT2D eigenvalue weighted by Gasteiger charge is 2.23. The second-order valence-electron chi connectivity index (χ2n) is 8.45. The lowest BCUT2D eigenvalue weighted by molar-refractivity contribution is -0.125. The number of aryl methyl sites for hydroxylation is 1. The van der Waals surface area contributed by atoms with Gasteiger partial charge in [0.25, 0.3) is 5.91 Å². The fraction of sp³-hybridized carbons (Fsp3) is 0.423. The summed E-state index contributed by atoms with van der Waals surface area (Å²) in [5.41, 5.74) is 1.59. The second-order valence-corrected chi connectivity index (χ2v) is 8.45. The lowest BCUT2D eigenvalue weighted by Gasteiger charge is -2.29. The van der Waals surface area contributed by atoms with Crippen molar-refractivity contribution in [3.8, 4) is 5.75 Å². The average molecular weight is 453 g/mol. The van der Waals surface area contributed by atoms with Crippen molar-refractivity contribution < 1.29 is 23.9 Å². The maximum atomic E-state index is 12.6. The molecule has 2 atom stereocenters. The standard InChI is InChI=1S/C26H32N2O5/c1-18-7-3-5-9-22(18)27-25(30)17-33-26(31)21-8-4-6-10-23(21)28-24(29)16-13-19-11-14-20(32-2)15-12-19/h4,6,8,10-12,14-15,18,22H,3,5,7,9,13,16-17H2,1-2H3,(H,27,30)(H,28,29)/t18-,22+/m1/s1. The number of carbonyl (C=O) groups is 3. The number of carbonyl (C=O) groups excluding carboxylic acids is 3. The third-order valence-corrected chi connectivity index (χ3v) is 6.01. The lowest BCUT2D eigenvalue weighted by atomic mass is 9.86. The Kier molecular flexibility index (Phi) is 8.87. The van der Waals surface area contributed by atoms with E-state index in [1.54, 1.807) is 31.4 Å². The highest BCUT2D eigenvalue weighted by Crippen LogP contribution is 2.23. The third kappa shape index (κ3) is 7.34. The number of benzene rings is 2. The fourth-order valence-corrected chi connectivity index (χ4v) is 4.02. The number of ether oxygens (including phenoxy) is 2. The molecule has 2 aromatic carbocycles. The van der Waals surface area contributed by atoms with Crippen LogP contribution in [0.3, 0.4) is 0 Å². The molecule has 0 bridgehead atoms. The van der Waals surface area contributed by atoms with E-state index in [0.29, 0.717) is 18.0 Å². The number of amides is 2. The van der Waals surface area contributed by atoms with Crippen molar-refractivity contribution >= 4 is 23.5 Å². The summed E-state index contributed by atoms with van der Waals surface area (Å²) in [6.07, 6.45) is 5.15. The van der Waals surface area contributed by atoms with E-state index in [4.69, 9.17) is 9.47 Å². The Morgan fingerprint density at radius 3 is 2.42 bits per heavy atom. The minimum atomic E-state index is -0.645. The van der Waals surface area contributed by atoms with Gasteiger partial charge >= 0.3 is 5.97 Å². The second kappa shape index (κ2) is 12.0. The molecular weight excluding hydrogens is 420 g/mol. The summed E-state index contributed by atoms with van der Waals surface area (Å²) in [7, 11) is 1.61. The molecule has 176 valence electrons. The summed E-state index contributed by atoms with van der Waals surface area (Å²) in [5, 5.41) is 5.75. The number of para-hydroxylation sites is 1. The van der Waals surface area contributed by atoms with Crippen LogP contribution >= 0.6 is 0 Å². The number of esters is 1. The first kappa shape index (κ1) is 24.3. The molecule has 0 unspecified atom stereocenters. The Hall–Kier alpha value is -3.35. The number of nitrogens with one attached hydrogen (secondary N) is 2. The highest BCUT2D eigenvalue weighted by atomic mass is 16.5. The molecule has 0 saturated heterocycles. The minimum absolute atomic E-state index is 0.127. The Morgan fingerprint density at radius 1 is 0.970 bits per heavy atom. The van der Waals surface area contributed by atoms with E-state index in [0.717, 1.165) is 30.6 Å². The van der Waals surface area contributed by atoms with Gasteiger partial charge in [0.2, 0.25) is 5.91 Å². The van der Waals surface area contributed by atoms with E-state index in [2.05, 4.69) is 17.6 Å². The normalized spacial score (nSPS) is 17.6. The molecule has 1 aliphatic rings. The Morgan fingerprint density at radius 2 is 1.70 bits per heavy atom. The van der Waals surface area contributed by atoms with Crippen LogP contribution < -0.4 is 15.4 Å². The van der Waals surface area contributed by atoms with Gasteiger partial charge in [-0.1, -0.05) is 44.0 Å². The van der Waals surface area contributed by atoms with E-state index in [9.17, 15) is 14.4 Å². The molecule has 1 aliphatic carbocycles. The zero-order valence-electron chi connectivity index (χ0n) is 19.3. The molecule has 1 saturated carbocycles. The van der Waals surface area contributed by atoms with Crippen molar-refractivity contribution in [3.05, 3.63) is 59.7 Å². The zero-order chi connectivity index (χ0) is 23.6. The molecule has 0 aliphatic heterocycles. The van der Waals surface area contributed by atoms with Crippen LogP contribution in [0.1, 0.15) is 54.9 Å². The van der Waals surface area contributed by atoms with Gasteiger partial charge in [0.05, 0.1) is 18.4 Å². The van der Waals surface area contributed by atoms with Crippen molar-refractivity contribution in [2.45, 2.75) is 51.5 Å². The number of anilines is 1. The number of hydrogen-bond acceptors (Lipinski definition) is 5. The smallest absolute Gasteiger partial charge is 0.340 e. The molecule has 0 radical (unpaired) electrons. The number of methoxy groups -OCH3 is 1. The predicted molar refractivity (Wildman–Crippen MR) is 126 cm³/mol. The van der Waals surface area contributed by atoms with E-state index >= 15 is 0 Å². The molecular formula is C26H32N2O5. The minimum Gasteiger partial charge on any atom is -0.497 e. The molecule has 2 aromatic rings. The van der Waals surface area contributed by atoms with Crippen LogP contribution in [0.2, 0.25) is 0 Å². The highest BCUT2D eigenvalue weighted by molar-refractivity contribution is 6.01. The molecule has 33 heavy (non-hydrogen) atoms. The van der Waals surface area contributed by atoms with Gasteiger partial charge in [0.15, 0.2) is 6.61 Å². The van der Waals surface area contributed by atoms with Crippen LogP contribution in [-0.4, -0.2) is 37.5 Å². The number of hydrogen-bond donors (Lipinski definition) is 2. The Labute approximate surface area is 194 Å².